The molecule has 100 valence electrons. The average molecular weight is 262 g/mol. The molecule has 1 unspecified atom stereocenters. The molecule has 5 nitrogen and oxygen atoms in total. The highest BCUT2D eigenvalue weighted by atomic mass is 32.2. The van der Waals surface area contributed by atoms with Gasteiger partial charge in [-0.25, -0.2) is 4.72 Å². The molecule has 2 rings (SSSR count). The zero-order chi connectivity index (χ0) is 12.5. The first-order valence-electron chi connectivity index (χ1n) is 6.36. The Bertz CT molecular complexity index is 365. The second-order valence-electron chi connectivity index (χ2n) is 5.44. The maximum atomic E-state index is 12.1. The first-order valence-corrected chi connectivity index (χ1v) is 7.80. The second kappa shape index (κ2) is 4.84. The average Bonchev–Trinajstić information content (AvgIpc) is 3.08. The number of nitrogens with zero attached hydrogens (tertiary/aromatic N) is 1. The molecule has 1 atom stereocenters. The number of aliphatic hydroxyl groups is 1. The predicted octanol–water partition coefficient (Wildman–Crippen LogP) is 0.468. The van der Waals surface area contributed by atoms with E-state index in [9.17, 15) is 8.42 Å². The monoisotopic (exact) mass is 262 g/mol. The van der Waals surface area contributed by atoms with Crippen LogP contribution in [-0.2, 0) is 10.2 Å². The van der Waals surface area contributed by atoms with E-state index in [1.807, 2.05) is 6.92 Å². The molecule has 2 fully saturated rings. The van der Waals surface area contributed by atoms with E-state index in [1.54, 1.807) is 4.31 Å². The van der Waals surface area contributed by atoms with Crippen molar-refractivity contribution in [2.45, 2.75) is 45.1 Å². The van der Waals surface area contributed by atoms with Crippen LogP contribution in [0, 0.1) is 5.41 Å². The van der Waals surface area contributed by atoms with Gasteiger partial charge < -0.3 is 5.11 Å². The molecule has 0 amide bonds. The molecule has 1 saturated carbocycles. The normalized spacial score (nSPS) is 29.2. The highest BCUT2D eigenvalue weighted by Crippen LogP contribution is 2.44. The lowest BCUT2D eigenvalue weighted by Crippen LogP contribution is -2.49. The number of aliphatic hydroxyl groups excluding tert-OH is 1. The second-order valence-corrected chi connectivity index (χ2v) is 7.15. The summed E-state index contributed by atoms with van der Waals surface area (Å²) < 4.78 is 28.4. The van der Waals surface area contributed by atoms with Crippen molar-refractivity contribution in [3.05, 3.63) is 0 Å². The van der Waals surface area contributed by atoms with Gasteiger partial charge in [-0.1, -0.05) is 6.42 Å². The van der Waals surface area contributed by atoms with Crippen molar-refractivity contribution in [3.63, 3.8) is 0 Å². The van der Waals surface area contributed by atoms with Gasteiger partial charge in [0.2, 0.25) is 0 Å². The van der Waals surface area contributed by atoms with E-state index in [-0.39, 0.29) is 18.1 Å². The van der Waals surface area contributed by atoms with Crippen LogP contribution in [0.15, 0.2) is 0 Å². The third-order valence-electron chi connectivity index (χ3n) is 3.97. The fraction of sp³-hybridized carbons (Fsp3) is 1.00. The van der Waals surface area contributed by atoms with Gasteiger partial charge in [0.15, 0.2) is 0 Å². The summed E-state index contributed by atoms with van der Waals surface area (Å²) in [5, 5.41) is 9.17. The predicted molar refractivity (Wildman–Crippen MR) is 65.7 cm³/mol. The molecule has 1 aliphatic heterocycles. The van der Waals surface area contributed by atoms with Crippen LogP contribution in [0.2, 0.25) is 0 Å². The molecule has 6 heteroatoms. The van der Waals surface area contributed by atoms with Gasteiger partial charge in [0.05, 0.1) is 0 Å². The molecule has 0 aromatic carbocycles. The maximum absolute atomic E-state index is 12.1. The van der Waals surface area contributed by atoms with Gasteiger partial charge in [-0.15, -0.1) is 0 Å². The van der Waals surface area contributed by atoms with E-state index in [4.69, 9.17) is 5.11 Å². The molecular formula is C11H22N2O3S. The maximum Gasteiger partial charge on any atom is 0.279 e. The fourth-order valence-electron chi connectivity index (χ4n) is 2.32. The molecule has 0 spiro atoms. The Morgan fingerprint density at radius 3 is 2.65 bits per heavy atom. The van der Waals surface area contributed by atoms with Crippen molar-refractivity contribution in [2.24, 2.45) is 5.41 Å². The summed E-state index contributed by atoms with van der Waals surface area (Å²) in [7, 11) is -3.36. The van der Waals surface area contributed by atoms with Crippen LogP contribution in [0.5, 0.6) is 0 Å². The van der Waals surface area contributed by atoms with Gasteiger partial charge in [-0.3, -0.25) is 0 Å². The Kier molecular flexibility index (Phi) is 3.77. The van der Waals surface area contributed by atoms with E-state index in [1.165, 1.54) is 0 Å². The zero-order valence-corrected chi connectivity index (χ0v) is 11.2. The number of hydrogen-bond acceptors (Lipinski definition) is 3. The number of rotatable bonds is 5. The number of piperidine rings is 1. The van der Waals surface area contributed by atoms with Crippen LogP contribution in [0.4, 0.5) is 0 Å². The van der Waals surface area contributed by atoms with Crippen LogP contribution in [0.25, 0.3) is 0 Å². The van der Waals surface area contributed by atoms with E-state index in [0.717, 1.165) is 32.1 Å². The van der Waals surface area contributed by atoms with Gasteiger partial charge in [-0.2, -0.15) is 12.7 Å². The Hall–Kier alpha value is -0.170. The summed E-state index contributed by atoms with van der Waals surface area (Å²) in [5.41, 5.74) is -0.175. The molecule has 0 aromatic heterocycles. The molecule has 1 aliphatic carbocycles. The van der Waals surface area contributed by atoms with E-state index >= 15 is 0 Å². The third-order valence-corrected chi connectivity index (χ3v) is 5.64. The van der Waals surface area contributed by atoms with Gasteiger partial charge in [0.25, 0.3) is 10.2 Å². The molecule has 0 radical (unpaired) electrons. The summed E-state index contributed by atoms with van der Waals surface area (Å²) in [6, 6.07) is 0.0885. The Labute approximate surface area is 103 Å². The number of hydrogen-bond donors (Lipinski definition) is 2. The van der Waals surface area contributed by atoms with Crippen LogP contribution in [-0.4, -0.2) is 43.6 Å². The molecular weight excluding hydrogens is 240 g/mol. The molecule has 2 N–H and O–H groups in total. The summed E-state index contributed by atoms with van der Waals surface area (Å²) in [6.07, 6.45) is 4.82. The molecule has 1 saturated heterocycles. The lowest BCUT2D eigenvalue weighted by Gasteiger charge is -2.32. The largest absolute Gasteiger partial charge is 0.396 e. The quantitative estimate of drug-likeness (QED) is 0.756. The summed E-state index contributed by atoms with van der Waals surface area (Å²) in [6.45, 7) is 3.01. The van der Waals surface area contributed by atoms with Crippen molar-refractivity contribution in [1.82, 2.24) is 9.03 Å². The Balaban J connectivity index is 1.93. The van der Waals surface area contributed by atoms with E-state index in [0.29, 0.717) is 13.1 Å². The zero-order valence-electron chi connectivity index (χ0n) is 10.4. The molecule has 0 aromatic rings. The number of nitrogens with one attached hydrogen (secondary N) is 1. The first kappa shape index (κ1) is 13.3. The lowest BCUT2D eigenvalue weighted by atomic mass is 10.1. The molecule has 2 aliphatic rings. The molecule has 17 heavy (non-hydrogen) atoms. The van der Waals surface area contributed by atoms with Crippen molar-refractivity contribution in [2.75, 3.05) is 19.7 Å². The Morgan fingerprint density at radius 1 is 1.41 bits per heavy atom. The van der Waals surface area contributed by atoms with Crippen LogP contribution in [0.1, 0.15) is 39.0 Å². The van der Waals surface area contributed by atoms with Gasteiger partial charge in [0.1, 0.15) is 0 Å². The van der Waals surface area contributed by atoms with Crippen molar-refractivity contribution in [1.29, 1.82) is 0 Å². The van der Waals surface area contributed by atoms with Crippen molar-refractivity contribution >= 4 is 10.2 Å². The topological polar surface area (TPSA) is 69.6 Å². The van der Waals surface area contributed by atoms with Crippen molar-refractivity contribution < 1.29 is 13.5 Å². The minimum absolute atomic E-state index is 0.0745. The van der Waals surface area contributed by atoms with Crippen LogP contribution >= 0.6 is 0 Å². The van der Waals surface area contributed by atoms with Gasteiger partial charge >= 0.3 is 0 Å². The van der Waals surface area contributed by atoms with Gasteiger partial charge in [-0.05, 0) is 32.6 Å². The SMILES string of the molecule is CC1CCCCN1S(=O)(=O)NCC1(CO)CC1. The smallest absolute Gasteiger partial charge is 0.279 e. The minimum atomic E-state index is -3.36. The third kappa shape index (κ3) is 2.99. The summed E-state index contributed by atoms with van der Waals surface area (Å²) in [5.74, 6) is 0. The van der Waals surface area contributed by atoms with E-state index < -0.39 is 10.2 Å². The first-order chi connectivity index (χ1) is 7.99. The fourth-order valence-corrected chi connectivity index (χ4v) is 3.93. The highest BCUT2D eigenvalue weighted by molar-refractivity contribution is 7.87. The Morgan fingerprint density at radius 2 is 2.12 bits per heavy atom. The minimum Gasteiger partial charge on any atom is -0.396 e. The van der Waals surface area contributed by atoms with Crippen molar-refractivity contribution in [3.8, 4) is 0 Å². The highest BCUT2D eigenvalue weighted by Gasteiger charge is 2.43. The summed E-state index contributed by atoms with van der Waals surface area (Å²) in [4.78, 5) is 0. The van der Waals surface area contributed by atoms with E-state index in [2.05, 4.69) is 4.72 Å². The van der Waals surface area contributed by atoms with Crippen LogP contribution < -0.4 is 4.72 Å². The van der Waals surface area contributed by atoms with Crippen LogP contribution in [0.3, 0.4) is 0 Å². The standard InChI is InChI=1S/C11H22N2O3S/c1-10-4-2-3-7-13(10)17(15,16)12-8-11(9-14)5-6-11/h10,12,14H,2-9H2,1H3. The molecule has 0 bridgehead atoms. The molecule has 1 heterocycles. The summed E-state index contributed by atoms with van der Waals surface area (Å²) >= 11 is 0. The lowest BCUT2D eigenvalue weighted by molar-refractivity contribution is 0.210. The van der Waals surface area contributed by atoms with Gasteiger partial charge in [0, 0.05) is 31.2 Å².